The highest BCUT2D eigenvalue weighted by Crippen LogP contribution is 2.01. The van der Waals surface area contributed by atoms with Crippen molar-refractivity contribution >= 4 is 35.8 Å². The normalized spacial score (nSPS) is 11.8. The number of aryl methyl sites for hydroxylation is 1. The molecule has 10 heteroatoms. The molecule has 0 saturated heterocycles. The number of hydrogen-bond donors (Lipinski definition) is 2. The van der Waals surface area contributed by atoms with Gasteiger partial charge in [-0.1, -0.05) is 0 Å². The quantitative estimate of drug-likeness (QED) is 0.227. The van der Waals surface area contributed by atoms with E-state index in [1.807, 2.05) is 58.2 Å². The maximum absolute atomic E-state index is 12.2. The van der Waals surface area contributed by atoms with E-state index in [0.29, 0.717) is 32.3 Å². The van der Waals surface area contributed by atoms with Gasteiger partial charge in [0.15, 0.2) is 11.8 Å². The first-order valence-electron chi connectivity index (χ1n) is 9.37. The Morgan fingerprint density at radius 3 is 2.54 bits per heavy atom. The molecular formula is C18H36IN7O2. The molecule has 0 atom stereocenters. The van der Waals surface area contributed by atoms with Gasteiger partial charge in [-0.3, -0.25) is 4.79 Å². The van der Waals surface area contributed by atoms with Crippen molar-refractivity contribution in [1.82, 2.24) is 30.3 Å². The van der Waals surface area contributed by atoms with Crippen molar-refractivity contribution in [2.24, 2.45) is 12.0 Å². The minimum atomic E-state index is -0.268. The number of likely N-dealkylation sites (N-methyl/N-ethyl adjacent to an activating group) is 1. The van der Waals surface area contributed by atoms with Gasteiger partial charge in [-0.25, -0.2) is 4.99 Å². The van der Waals surface area contributed by atoms with Gasteiger partial charge in [0.05, 0.1) is 6.54 Å². The fourth-order valence-corrected chi connectivity index (χ4v) is 2.31. The number of nitrogens with one attached hydrogen (secondary N) is 2. The first-order valence-corrected chi connectivity index (χ1v) is 9.37. The number of carbonyl (C=O) groups is 1. The Labute approximate surface area is 185 Å². The highest BCUT2D eigenvalue weighted by molar-refractivity contribution is 14.0. The second kappa shape index (κ2) is 12.9. The number of guanidine groups is 1. The maximum Gasteiger partial charge on any atom is 0.240 e. The monoisotopic (exact) mass is 509 g/mol. The molecule has 1 aromatic heterocycles. The molecule has 1 aromatic rings. The predicted molar refractivity (Wildman–Crippen MR) is 122 cm³/mol. The standard InChI is InChI=1S/C18H35N7O2.HI/c1-8-27-11-9-10-19-17(20-12-15-23-22-14(2)25(15)7)24(6)13-16(26)21-18(3,4)5;/h8-13H2,1-7H3,(H,19,20)(H,21,26);1H. The van der Waals surface area contributed by atoms with E-state index < -0.39 is 0 Å². The Kier molecular flexibility index (Phi) is 12.3. The van der Waals surface area contributed by atoms with Gasteiger partial charge < -0.3 is 24.8 Å². The highest BCUT2D eigenvalue weighted by atomic mass is 127. The van der Waals surface area contributed by atoms with E-state index in [1.165, 1.54) is 0 Å². The van der Waals surface area contributed by atoms with Crippen molar-refractivity contribution in [3.63, 3.8) is 0 Å². The maximum atomic E-state index is 12.2. The third kappa shape index (κ3) is 10.2. The van der Waals surface area contributed by atoms with E-state index in [0.717, 1.165) is 18.1 Å². The number of nitrogens with zero attached hydrogens (tertiary/aromatic N) is 5. The Morgan fingerprint density at radius 2 is 2.00 bits per heavy atom. The summed E-state index contributed by atoms with van der Waals surface area (Å²) in [5.74, 6) is 2.21. The number of hydrogen-bond acceptors (Lipinski definition) is 5. The van der Waals surface area contributed by atoms with Gasteiger partial charge in [-0.2, -0.15) is 0 Å². The summed E-state index contributed by atoms with van der Waals surface area (Å²) < 4.78 is 7.27. The average Bonchev–Trinajstić information content (AvgIpc) is 2.87. The molecule has 0 aliphatic carbocycles. The molecule has 0 saturated carbocycles. The zero-order valence-electron chi connectivity index (χ0n) is 18.2. The lowest BCUT2D eigenvalue weighted by atomic mass is 10.1. The number of ether oxygens (including phenoxy) is 1. The summed E-state index contributed by atoms with van der Waals surface area (Å²) in [4.78, 5) is 18.7. The van der Waals surface area contributed by atoms with Crippen LogP contribution >= 0.6 is 24.0 Å². The number of aromatic nitrogens is 3. The van der Waals surface area contributed by atoms with Gasteiger partial charge in [0, 0.05) is 39.4 Å². The van der Waals surface area contributed by atoms with Gasteiger partial charge in [0.2, 0.25) is 5.91 Å². The molecule has 0 radical (unpaired) electrons. The molecule has 0 unspecified atom stereocenters. The summed E-state index contributed by atoms with van der Waals surface area (Å²) in [5.41, 5.74) is -0.268. The molecule has 0 bridgehead atoms. The zero-order chi connectivity index (χ0) is 20.4. The van der Waals surface area contributed by atoms with E-state index in [4.69, 9.17) is 4.74 Å². The third-order valence-corrected chi connectivity index (χ3v) is 3.76. The van der Waals surface area contributed by atoms with Gasteiger partial charge in [-0.15, -0.1) is 34.2 Å². The number of rotatable bonds is 9. The predicted octanol–water partition coefficient (Wildman–Crippen LogP) is 1.46. The van der Waals surface area contributed by atoms with Crippen LogP contribution in [0, 0.1) is 6.92 Å². The fraction of sp³-hybridized carbons (Fsp3) is 0.778. The van der Waals surface area contributed by atoms with Crippen LogP contribution in [0.5, 0.6) is 0 Å². The summed E-state index contributed by atoms with van der Waals surface area (Å²) >= 11 is 0. The van der Waals surface area contributed by atoms with Crippen LogP contribution in [-0.4, -0.2) is 70.4 Å². The Hall–Kier alpha value is -1.43. The van der Waals surface area contributed by atoms with Crippen molar-refractivity contribution < 1.29 is 9.53 Å². The molecule has 1 heterocycles. The minimum Gasteiger partial charge on any atom is -0.382 e. The summed E-state index contributed by atoms with van der Waals surface area (Å²) in [6, 6.07) is 0. The van der Waals surface area contributed by atoms with E-state index in [9.17, 15) is 4.79 Å². The van der Waals surface area contributed by atoms with E-state index in [-0.39, 0.29) is 42.0 Å². The third-order valence-electron chi connectivity index (χ3n) is 3.76. The van der Waals surface area contributed by atoms with Crippen LogP contribution in [0.1, 0.15) is 45.8 Å². The number of halogens is 1. The summed E-state index contributed by atoms with van der Waals surface area (Å²) in [6.45, 7) is 12.5. The van der Waals surface area contributed by atoms with Crippen molar-refractivity contribution in [2.75, 3.05) is 33.4 Å². The largest absolute Gasteiger partial charge is 0.382 e. The molecule has 28 heavy (non-hydrogen) atoms. The molecule has 1 amide bonds. The van der Waals surface area contributed by atoms with Crippen LogP contribution < -0.4 is 10.6 Å². The molecule has 0 aromatic carbocycles. The Balaban J connectivity index is 0.00000729. The van der Waals surface area contributed by atoms with Crippen molar-refractivity contribution in [1.29, 1.82) is 0 Å². The van der Waals surface area contributed by atoms with Crippen LogP contribution in [0.3, 0.4) is 0 Å². The number of carbonyl (C=O) groups excluding carboxylic acids is 1. The highest BCUT2D eigenvalue weighted by Gasteiger charge is 2.17. The van der Waals surface area contributed by atoms with E-state index >= 15 is 0 Å². The van der Waals surface area contributed by atoms with Crippen molar-refractivity contribution in [2.45, 2.75) is 53.1 Å². The van der Waals surface area contributed by atoms with Gasteiger partial charge in [0.1, 0.15) is 12.4 Å². The van der Waals surface area contributed by atoms with E-state index in [2.05, 4.69) is 25.8 Å². The molecule has 0 aliphatic rings. The molecule has 0 aliphatic heterocycles. The molecular weight excluding hydrogens is 473 g/mol. The molecule has 9 nitrogen and oxygen atoms in total. The van der Waals surface area contributed by atoms with Crippen LogP contribution in [0.25, 0.3) is 0 Å². The summed E-state index contributed by atoms with van der Waals surface area (Å²) in [7, 11) is 3.76. The first-order chi connectivity index (χ1) is 12.6. The second-order valence-electron chi connectivity index (χ2n) is 7.49. The van der Waals surface area contributed by atoms with Crippen molar-refractivity contribution in [3.05, 3.63) is 11.6 Å². The molecule has 0 fully saturated rings. The average molecular weight is 509 g/mol. The lowest BCUT2D eigenvalue weighted by Gasteiger charge is -2.25. The topological polar surface area (TPSA) is 96.7 Å². The lowest BCUT2D eigenvalue weighted by Crippen LogP contribution is -2.49. The van der Waals surface area contributed by atoms with Gasteiger partial charge in [0.25, 0.3) is 0 Å². The van der Waals surface area contributed by atoms with Crippen LogP contribution in [0.2, 0.25) is 0 Å². The van der Waals surface area contributed by atoms with E-state index in [1.54, 1.807) is 0 Å². The van der Waals surface area contributed by atoms with Crippen LogP contribution in [-0.2, 0) is 23.1 Å². The van der Waals surface area contributed by atoms with Crippen LogP contribution in [0.15, 0.2) is 4.99 Å². The SMILES string of the molecule is CCOCCCNC(=NCc1nnc(C)n1C)N(C)CC(=O)NC(C)(C)C.I. The number of amides is 1. The van der Waals surface area contributed by atoms with Gasteiger partial charge >= 0.3 is 0 Å². The summed E-state index contributed by atoms with van der Waals surface area (Å²) in [6.07, 6.45) is 0.859. The first kappa shape index (κ1) is 26.6. The molecule has 0 spiro atoms. The molecule has 1 rings (SSSR count). The zero-order valence-corrected chi connectivity index (χ0v) is 20.5. The molecule has 2 N–H and O–H groups in total. The molecule has 162 valence electrons. The second-order valence-corrected chi connectivity index (χ2v) is 7.49. The lowest BCUT2D eigenvalue weighted by molar-refractivity contribution is -0.122. The Morgan fingerprint density at radius 1 is 1.32 bits per heavy atom. The smallest absolute Gasteiger partial charge is 0.240 e. The van der Waals surface area contributed by atoms with Crippen LogP contribution in [0.4, 0.5) is 0 Å². The fourth-order valence-electron chi connectivity index (χ4n) is 2.31. The van der Waals surface area contributed by atoms with Crippen molar-refractivity contribution in [3.8, 4) is 0 Å². The minimum absolute atomic E-state index is 0. The Bertz CT molecular complexity index is 626. The van der Waals surface area contributed by atoms with Gasteiger partial charge in [-0.05, 0) is 41.0 Å². The summed E-state index contributed by atoms with van der Waals surface area (Å²) in [5, 5.41) is 14.5. The number of aliphatic imine (C=N–C) groups is 1.